The molecule has 0 atom stereocenters. The van der Waals surface area contributed by atoms with E-state index < -0.39 is 10.5 Å². The number of non-ortho nitro benzene ring substituents is 1. The lowest BCUT2D eigenvalue weighted by molar-refractivity contribution is -0.384. The Morgan fingerprint density at radius 2 is 2.11 bits per heavy atom. The SMILES string of the molecule is CC(C)(N)COc1ccc2cc([N+](=O)[O-])ccc2n1. The third-order valence-corrected chi connectivity index (χ3v) is 2.45. The highest BCUT2D eigenvalue weighted by molar-refractivity contribution is 5.81. The predicted octanol–water partition coefficient (Wildman–Crippen LogP) is 2.26. The molecule has 0 bridgehead atoms. The number of aromatic nitrogens is 1. The second kappa shape index (κ2) is 4.81. The summed E-state index contributed by atoms with van der Waals surface area (Å²) >= 11 is 0. The molecule has 1 heterocycles. The molecule has 6 heteroatoms. The Hall–Kier alpha value is -2.21. The number of pyridine rings is 1. The summed E-state index contributed by atoms with van der Waals surface area (Å²) in [5, 5.41) is 11.4. The molecule has 0 aliphatic rings. The van der Waals surface area contributed by atoms with E-state index in [2.05, 4.69) is 4.98 Å². The second-order valence-corrected chi connectivity index (χ2v) is 5.06. The van der Waals surface area contributed by atoms with E-state index in [1.54, 1.807) is 18.2 Å². The Labute approximate surface area is 110 Å². The van der Waals surface area contributed by atoms with E-state index in [9.17, 15) is 10.1 Å². The van der Waals surface area contributed by atoms with Gasteiger partial charge in [-0.2, -0.15) is 0 Å². The molecule has 0 radical (unpaired) electrons. The lowest BCUT2D eigenvalue weighted by Crippen LogP contribution is -2.38. The number of nitrogens with zero attached hydrogens (tertiary/aromatic N) is 2. The van der Waals surface area contributed by atoms with Gasteiger partial charge < -0.3 is 10.5 Å². The van der Waals surface area contributed by atoms with Crippen molar-refractivity contribution in [1.82, 2.24) is 4.98 Å². The molecule has 100 valence electrons. The smallest absolute Gasteiger partial charge is 0.270 e. The lowest BCUT2D eigenvalue weighted by atomic mass is 10.1. The summed E-state index contributed by atoms with van der Waals surface area (Å²) in [7, 11) is 0. The van der Waals surface area contributed by atoms with Crippen LogP contribution in [0.4, 0.5) is 5.69 Å². The van der Waals surface area contributed by atoms with Crippen molar-refractivity contribution in [3.8, 4) is 5.88 Å². The van der Waals surface area contributed by atoms with E-state index in [0.717, 1.165) is 0 Å². The van der Waals surface area contributed by atoms with Gasteiger partial charge in [-0.05, 0) is 26.0 Å². The van der Waals surface area contributed by atoms with E-state index in [4.69, 9.17) is 10.5 Å². The third-order valence-electron chi connectivity index (χ3n) is 2.45. The normalized spacial score (nSPS) is 11.5. The van der Waals surface area contributed by atoms with Crippen molar-refractivity contribution in [2.75, 3.05) is 6.61 Å². The van der Waals surface area contributed by atoms with Gasteiger partial charge in [0.2, 0.25) is 5.88 Å². The molecule has 2 rings (SSSR count). The highest BCUT2D eigenvalue weighted by Gasteiger charge is 2.12. The number of fused-ring (bicyclic) bond motifs is 1. The average Bonchev–Trinajstić information content (AvgIpc) is 2.34. The molecule has 0 fully saturated rings. The number of hydrogen-bond acceptors (Lipinski definition) is 5. The molecule has 1 aromatic carbocycles. The minimum atomic E-state index is -0.438. The van der Waals surface area contributed by atoms with Crippen LogP contribution >= 0.6 is 0 Å². The van der Waals surface area contributed by atoms with Crippen molar-refractivity contribution < 1.29 is 9.66 Å². The summed E-state index contributed by atoms with van der Waals surface area (Å²) in [6.45, 7) is 4.06. The summed E-state index contributed by atoms with van der Waals surface area (Å²) in [5.41, 5.74) is 6.08. The summed E-state index contributed by atoms with van der Waals surface area (Å²) in [6.07, 6.45) is 0. The number of nitrogens with two attached hydrogens (primary N) is 1. The predicted molar refractivity (Wildman–Crippen MR) is 72.2 cm³/mol. The van der Waals surface area contributed by atoms with Gasteiger partial charge in [-0.15, -0.1) is 0 Å². The van der Waals surface area contributed by atoms with Gasteiger partial charge in [0.15, 0.2) is 0 Å². The first-order valence-electron chi connectivity index (χ1n) is 5.82. The van der Waals surface area contributed by atoms with Gasteiger partial charge in [0.05, 0.1) is 10.4 Å². The Balaban J connectivity index is 2.26. The summed E-state index contributed by atoms with van der Waals surface area (Å²) < 4.78 is 5.49. The standard InChI is InChI=1S/C13H15N3O3/c1-13(2,14)8-19-12-6-3-9-7-10(16(17)18)4-5-11(9)15-12/h3-7H,8,14H2,1-2H3. The fourth-order valence-electron chi connectivity index (χ4n) is 1.55. The van der Waals surface area contributed by atoms with Crippen LogP contribution in [0.2, 0.25) is 0 Å². The molecule has 0 aliphatic carbocycles. The van der Waals surface area contributed by atoms with Gasteiger partial charge in [0, 0.05) is 29.1 Å². The number of nitro benzene ring substituents is 1. The van der Waals surface area contributed by atoms with E-state index in [1.165, 1.54) is 12.1 Å². The van der Waals surface area contributed by atoms with Crippen molar-refractivity contribution in [2.45, 2.75) is 19.4 Å². The fraction of sp³-hybridized carbons (Fsp3) is 0.308. The average molecular weight is 261 g/mol. The molecular weight excluding hydrogens is 246 g/mol. The maximum atomic E-state index is 10.7. The minimum absolute atomic E-state index is 0.0473. The molecule has 0 spiro atoms. The second-order valence-electron chi connectivity index (χ2n) is 5.06. The van der Waals surface area contributed by atoms with Crippen LogP contribution in [0.3, 0.4) is 0 Å². The molecule has 2 aromatic rings. The topological polar surface area (TPSA) is 91.3 Å². The van der Waals surface area contributed by atoms with Crippen molar-refractivity contribution in [1.29, 1.82) is 0 Å². The van der Waals surface area contributed by atoms with Crippen LogP contribution in [-0.4, -0.2) is 22.1 Å². The fourth-order valence-corrected chi connectivity index (χ4v) is 1.55. The largest absolute Gasteiger partial charge is 0.476 e. The van der Waals surface area contributed by atoms with Gasteiger partial charge in [0.25, 0.3) is 5.69 Å². The van der Waals surface area contributed by atoms with Crippen molar-refractivity contribution in [2.24, 2.45) is 5.73 Å². The van der Waals surface area contributed by atoms with Crippen molar-refractivity contribution in [3.63, 3.8) is 0 Å². The summed E-state index contributed by atoms with van der Waals surface area (Å²) in [6, 6.07) is 7.94. The van der Waals surface area contributed by atoms with Gasteiger partial charge in [-0.3, -0.25) is 10.1 Å². The van der Waals surface area contributed by atoms with Crippen LogP contribution in [0.25, 0.3) is 10.9 Å². The van der Waals surface area contributed by atoms with Gasteiger partial charge >= 0.3 is 0 Å². The van der Waals surface area contributed by atoms with E-state index in [-0.39, 0.29) is 5.69 Å². The minimum Gasteiger partial charge on any atom is -0.476 e. The molecule has 0 amide bonds. The quantitative estimate of drug-likeness (QED) is 0.673. The first-order chi connectivity index (χ1) is 8.85. The zero-order valence-electron chi connectivity index (χ0n) is 10.8. The van der Waals surface area contributed by atoms with Gasteiger partial charge in [-0.25, -0.2) is 4.98 Å². The first kappa shape index (κ1) is 13.2. The Morgan fingerprint density at radius 3 is 2.74 bits per heavy atom. The number of nitro groups is 1. The zero-order valence-corrected chi connectivity index (χ0v) is 10.8. The highest BCUT2D eigenvalue weighted by atomic mass is 16.6. The first-order valence-corrected chi connectivity index (χ1v) is 5.82. The highest BCUT2D eigenvalue weighted by Crippen LogP contribution is 2.22. The van der Waals surface area contributed by atoms with Crippen LogP contribution in [0.15, 0.2) is 30.3 Å². The molecule has 0 aliphatic heterocycles. The summed E-state index contributed by atoms with van der Waals surface area (Å²) in [4.78, 5) is 14.5. The maximum Gasteiger partial charge on any atom is 0.270 e. The van der Waals surface area contributed by atoms with Gasteiger partial charge in [-0.1, -0.05) is 0 Å². The number of hydrogen-bond donors (Lipinski definition) is 1. The lowest BCUT2D eigenvalue weighted by Gasteiger charge is -2.18. The molecule has 19 heavy (non-hydrogen) atoms. The molecule has 0 saturated heterocycles. The zero-order chi connectivity index (χ0) is 14.0. The van der Waals surface area contributed by atoms with Crippen molar-refractivity contribution >= 4 is 16.6 Å². The maximum absolute atomic E-state index is 10.7. The molecule has 2 N–H and O–H groups in total. The van der Waals surface area contributed by atoms with E-state index in [1.807, 2.05) is 13.8 Å². The Morgan fingerprint density at radius 1 is 1.37 bits per heavy atom. The van der Waals surface area contributed by atoms with Crippen LogP contribution in [0.1, 0.15) is 13.8 Å². The Bertz CT molecular complexity index is 620. The van der Waals surface area contributed by atoms with Gasteiger partial charge in [0.1, 0.15) is 6.61 Å². The number of rotatable bonds is 4. The Kier molecular flexibility index (Phi) is 3.35. The molecule has 6 nitrogen and oxygen atoms in total. The van der Waals surface area contributed by atoms with Crippen LogP contribution in [0.5, 0.6) is 5.88 Å². The van der Waals surface area contributed by atoms with Crippen LogP contribution in [-0.2, 0) is 0 Å². The molecular formula is C13H15N3O3. The summed E-state index contributed by atoms with van der Waals surface area (Å²) in [5.74, 6) is 0.458. The van der Waals surface area contributed by atoms with Crippen molar-refractivity contribution in [3.05, 3.63) is 40.4 Å². The molecule has 0 saturated carbocycles. The monoisotopic (exact) mass is 261 g/mol. The van der Waals surface area contributed by atoms with E-state index >= 15 is 0 Å². The van der Waals surface area contributed by atoms with E-state index in [0.29, 0.717) is 23.4 Å². The molecule has 1 aromatic heterocycles. The number of benzene rings is 1. The number of ether oxygens (including phenoxy) is 1. The van der Waals surface area contributed by atoms with Crippen LogP contribution in [0, 0.1) is 10.1 Å². The third kappa shape index (κ3) is 3.38. The van der Waals surface area contributed by atoms with Crippen LogP contribution < -0.4 is 10.5 Å². The molecule has 0 unspecified atom stereocenters.